The van der Waals surface area contributed by atoms with E-state index in [2.05, 4.69) is 6.58 Å². The molecule has 0 amide bonds. The minimum atomic E-state index is -4.26. The van der Waals surface area contributed by atoms with Crippen LogP contribution >= 0.6 is 11.3 Å². The van der Waals surface area contributed by atoms with E-state index in [0.29, 0.717) is 34.8 Å². The van der Waals surface area contributed by atoms with E-state index < -0.39 is 11.1 Å². The van der Waals surface area contributed by atoms with Crippen LogP contribution in [0.4, 0.5) is 13.2 Å². The summed E-state index contributed by atoms with van der Waals surface area (Å²) in [6.07, 6.45) is -3.73. The number of thiophene rings is 1. The maximum absolute atomic E-state index is 12.2. The van der Waals surface area contributed by atoms with Gasteiger partial charge in [0.15, 0.2) is 0 Å². The summed E-state index contributed by atoms with van der Waals surface area (Å²) in [6.45, 7) is 4.07. The number of nitrogens with two attached hydrogens (primary N) is 1. The highest BCUT2D eigenvalue weighted by Gasteiger charge is 2.32. The summed E-state index contributed by atoms with van der Waals surface area (Å²) >= 11 is 0.708. The number of alkyl halides is 3. The van der Waals surface area contributed by atoms with E-state index in [-0.39, 0.29) is 0 Å². The van der Waals surface area contributed by atoms with Gasteiger partial charge < -0.3 is 5.73 Å². The molecule has 1 rings (SSSR count). The maximum Gasteiger partial charge on any atom is 0.425 e. The van der Waals surface area contributed by atoms with Gasteiger partial charge in [-0.05, 0) is 30.7 Å². The van der Waals surface area contributed by atoms with Crippen LogP contribution in [0.3, 0.4) is 0 Å². The molecular weight excluding hydrogens is 211 g/mol. The van der Waals surface area contributed by atoms with Crippen molar-refractivity contribution in [2.75, 3.05) is 6.54 Å². The van der Waals surface area contributed by atoms with E-state index >= 15 is 0 Å². The average Bonchev–Trinajstić information content (AvgIpc) is 2.51. The Balaban J connectivity index is 2.83. The molecule has 0 spiro atoms. The molecule has 0 saturated heterocycles. The molecule has 1 heterocycles. The molecule has 0 aliphatic carbocycles. The Hall–Kier alpha value is -0.810. The maximum atomic E-state index is 12.2. The van der Waals surface area contributed by atoms with Gasteiger partial charge in [-0.15, -0.1) is 11.3 Å². The van der Waals surface area contributed by atoms with Gasteiger partial charge in [0.1, 0.15) is 4.88 Å². The fourth-order valence-corrected chi connectivity index (χ4v) is 1.85. The molecule has 0 saturated carbocycles. The Kier molecular flexibility index (Phi) is 3.34. The third kappa shape index (κ3) is 2.59. The Morgan fingerprint density at radius 3 is 2.50 bits per heavy atom. The van der Waals surface area contributed by atoms with Gasteiger partial charge >= 0.3 is 6.18 Å². The third-order valence-electron chi connectivity index (χ3n) is 1.68. The summed E-state index contributed by atoms with van der Waals surface area (Å²) in [6, 6.07) is 2.51. The Labute approximate surface area is 84.0 Å². The predicted octanol–water partition coefficient (Wildman–Crippen LogP) is 3.13. The van der Waals surface area contributed by atoms with Crippen LogP contribution in [0.5, 0.6) is 0 Å². The number of halogens is 3. The molecule has 0 atom stereocenters. The smallest absolute Gasteiger partial charge is 0.330 e. The van der Waals surface area contributed by atoms with Crippen molar-refractivity contribution in [1.29, 1.82) is 0 Å². The Morgan fingerprint density at radius 1 is 1.43 bits per heavy atom. The summed E-state index contributed by atoms with van der Waals surface area (Å²) < 4.78 is 36.6. The zero-order valence-corrected chi connectivity index (χ0v) is 8.21. The molecule has 0 aliphatic rings. The molecule has 0 aliphatic heterocycles. The lowest BCUT2D eigenvalue weighted by Gasteiger charge is -2.02. The topological polar surface area (TPSA) is 26.0 Å². The summed E-state index contributed by atoms with van der Waals surface area (Å²) in [7, 11) is 0. The van der Waals surface area contributed by atoms with Crippen molar-refractivity contribution in [3.05, 3.63) is 28.5 Å². The van der Waals surface area contributed by atoms with E-state index in [1.807, 2.05) is 0 Å². The third-order valence-corrected chi connectivity index (χ3v) is 2.91. The molecule has 1 nitrogen and oxygen atoms in total. The zero-order chi connectivity index (χ0) is 10.8. The van der Waals surface area contributed by atoms with Gasteiger partial charge in [-0.2, -0.15) is 13.2 Å². The van der Waals surface area contributed by atoms with Crippen LogP contribution in [-0.4, -0.2) is 6.54 Å². The van der Waals surface area contributed by atoms with Crippen LogP contribution in [0.15, 0.2) is 18.7 Å². The first-order valence-electron chi connectivity index (χ1n) is 4.00. The quantitative estimate of drug-likeness (QED) is 0.833. The predicted molar refractivity (Wildman–Crippen MR) is 52.0 cm³/mol. The summed E-state index contributed by atoms with van der Waals surface area (Å²) in [5.41, 5.74) is 5.94. The monoisotopic (exact) mass is 221 g/mol. The molecule has 0 bridgehead atoms. The Morgan fingerprint density at radius 2 is 2.07 bits per heavy atom. The lowest BCUT2D eigenvalue weighted by molar-refractivity contribution is -0.134. The highest BCUT2D eigenvalue weighted by Crippen LogP contribution is 2.36. The lowest BCUT2D eigenvalue weighted by Crippen LogP contribution is -2.00. The lowest BCUT2D eigenvalue weighted by atomic mass is 10.2. The molecule has 0 unspecified atom stereocenters. The van der Waals surface area contributed by atoms with Crippen molar-refractivity contribution in [2.24, 2.45) is 5.73 Å². The van der Waals surface area contributed by atoms with Gasteiger partial charge in [-0.3, -0.25) is 0 Å². The van der Waals surface area contributed by atoms with Crippen LogP contribution in [0.2, 0.25) is 0 Å². The van der Waals surface area contributed by atoms with E-state index in [1.165, 1.54) is 6.07 Å². The molecule has 1 aromatic rings. The van der Waals surface area contributed by atoms with Crippen LogP contribution < -0.4 is 5.73 Å². The molecule has 1 aromatic heterocycles. The van der Waals surface area contributed by atoms with Crippen molar-refractivity contribution in [3.63, 3.8) is 0 Å². The minimum Gasteiger partial charge on any atom is -0.330 e. The Bertz CT molecular complexity index is 327. The molecule has 0 radical (unpaired) electrons. The van der Waals surface area contributed by atoms with E-state index in [4.69, 9.17) is 5.73 Å². The van der Waals surface area contributed by atoms with E-state index in [9.17, 15) is 13.2 Å². The first-order chi connectivity index (χ1) is 6.45. The minimum absolute atomic E-state index is 0.401. The summed E-state index contributed by atoms with van der Waals surface area (Å²) in [4.78, 5) is -0.0338. The molecule has 5 heteroatoms. The highest BCUT2D eigenvalue weighted by atomic mass is 32.1. The molecule has 0 fully saturated rings. The fourth-order valence-electron chi connectivity index (χ4n) is 0.978. The first kappa shape index (κ1) is 11.3. The second-order valence-corrected chi connectivity index (χ2v) is 3.89. The average molecular weight is 221 g/mol. The zero-order valence-electron chi connectivity index (χ0n) is 7.40. The van der Waals surface area contributed by atoms with Crippen LogP contribution in [0.1, 0.15) is 16.2 Å². The summed E-state index contributed by atoms with van der Waals surface area (Å²) in [5, 5.41) is 0. The molecule has 14 heavy (non-hydrogen) atoms. The van der Waals surface area contributed by atoms with Crippen molar-refractivity contribution in [2.45, 2.75) is 12.6 Å². The number of rotatable bonds is 3. The van der Waals surface area contributed by atoms with Gasteiger partial charge in [0.25, 0.3) is 0 Å². The van der Waals surface area contributed by atoms with Crippen molar-refractivity contribution in [3.8, 4) is 0 Å². The van der Waals surface area contributed by atoms with Crippen LogP contribution in [0.25, 0.3) is 5.57 Å². The second kappa shape index (κ2) is 4.14. The normalized spacial score (nSPS) is 11.7. The van der Waals surface area contributed by atoms with Gasteiger partial charge in [0, 0.05) is 4.88 Å². The van der Waals surface area contributed by atoms with Crippen molar-refractivity contribution < 1.29 is 13.2 Å². The van der Waals surface area contributed by atoms with Crippen molar-refractivity contribution >= 4 is 16.9 Å². The second-order valence-electron chi connectivity index (χ2n) is 2.80. The summed E-state index contributed by atoms with van der Waals surface area (Å²) in [5.74, 6) is 0. The standard InChI is InChI=1S/C9H10F3NS/c1-6(4-5-13)7-2-3-8(14-7)9(10,11)12/h2-3H,1,4-5,13H2. The van der Waals surface area contributed by atoms with Gasteiger partial charge in [0.2, 0.25) is 0 Å². The highest BCUT2D eigenvalue weighted by molar-refractivity contribution is 7.13. The van der Waals surface area contributed by atoms with Gasteiger partial charge in [-0.1, -0.05) is 6.58 Å². The molecule has 78 valence electrons. The number of hydrogen-bond donors (Lipinski definition) is 1. The number of hydrogen-bond acceptors (Lipinski definition) is 2. The van der Waals surface area contributed by atoms with E-state index in [1.54, 1.807) is 0 Å². The van der Waals surface area contributed by atoms with Gasteiger partial charge in [-0.25, -0.2) is 0 Å². The van der Waals surface area contributed by atoms with E-state index in [0.717, 1.165) is 6.07 Å². The largest absolute Gasteiger partial charge is 0.425 e. The SMILES string of the molecule is C=C(CCN)c1ccc(C(F)(F)F)s1. The van der Waals surface area contributed by atoms with Gasteiger partial charge in [0.05, 0.1) is 0 Å². The van der Waals surface area contributed by atoms with Crippen LogP contribution in [-0.2, 0) is 6.18 Å². The molecule has 2 N–H and O–H groups in total. The van der Waals surface area contributed by atoms with Crippen molar-refractivity contribution in [1.82, 2.24) is 0 Å². The molecular formula is C9H10F3NS. The fraction of sp³-hybridized carbons (Fsp3) is 0.333. The first-order valence-corrected chi connectivity index (χ1v) is 4.82. The van der Waals surface area contributed by atoms with Crippen LogP contribution in [0, 0.1) is 0 Å². The molecule has 0 aromatic carbocycles.